The molecule has 0 aliphatic heterocycles. The molecule has 82 valence electrons. The number of nitrogens with zero attached hydrogens (tertiary/aromatic N) is 1. The molecule has 2 rings (SSSR count). The lowest BCUT2D eigenvalue weighted by atomic mass is 9.79. The van der Waals surface area contributed by atoms with E-state index in [2.05, 4.69) is 10.2 Å². The first-order valence-electron chi connectivity index (χ1n) is 4.44. The summed E-state index contributed by atoms with van der Waals surface area (Å²) in [6.45, 7) is 0. The van der Waals surface area contributed by atoms with Crippen LogP contribution < -0.4 is 5.46 Å². The Morgan fingerprint density at radius 2 is 2.00 bits per heavy atom. The van der Waals surface area contributed by atoms with Crippen LogP contribution in [0.15, 0.2) is 24.4 Å². The average molecular weight is 224 g/mol. The zero-order valence-corrected chi connectivity index (χ0v) is 7.98. The summed E-state index contributed by atoms with van der Waals surface area (Å²) in [7, 11) is -1.77. The van der Waals surface area contributed by atoms with Gasteiger partial charge in [-0.25, -0.2) is 8.78 Å². The minimum atomic E-state index is -1.77. The largest absolute Gasteiger partial charge is 0.492 e. The molecular weight excluding hydrogens is 217 g/mol. The number of halogens is 2. The molecular formula is C9H7BF2N2O2. The number of aromatic nitrogens is 2. The topological polar surface area (TPSA) is 69.1 Å². The van der Waals surface area contributed by atoms with Crippen molar-refractivity contribution in [3.63, 3.8) is 0 Å². The molecule has 1 aromatic heterocycles. The first-order valence-corrected chi connectivity index (χ1v) is 4.44. The fraction of sp³-hybridized carbons (Fsp3) is 0. The lowest BCUT2D eigenvalue weighted by molar-refractivity contribution is 0.426. The van der Waals surface area contributed by atoms with Gasteiger partial charge in [0.25, 0.3) is 0 Å². The Hall–Kier alpha value is -1.73. The Morgan fingerprint density at radius 3 is 2.62 bits per heavy atom. The second-order valence-electron chi connectivity index (χ2n) is 3.20. The Bertz CT molecular complexity index is 516. The summed E-state index contributed by atoms with van der Waals surface area (Å²) in [5.74, 6) is -1.50. The number of hydrogen-bond donors (Lipinski definition) is 3. The van der Waals surface area contributed by atoms with Crippen molar-refractivity contribution in [1.82, 2.24) is 10.2 Å². The molecule has 0 aliphatic rings. The summed E-state index contributed by atoms with van der Waals surface area (Å²) in [5, 5.41) is 24.0. The Kier molecular flexibility index (Phi) is 2.72. The van der Waals surface area contributed by atoms with E-state index in [9.17, 15) is 8.78 Å². The van der Waals surface area contributed by atoms with Crippen molar-refractivity contribution >= 4 is 12.6 Å². The summed E-state index contributed by atoms with van der Waals surface area (Å²) in [5.41, 5.74) is 0.181. The van der Waals surface area contributed by atoms with Crippen molar-refractivity contribution in [2.75, 3.05) is 0 Å². The molecule has 1 heterocycles. The molecule has 4 nitrogen and oxygen atoms in total. The lowest BCUT2D eigenvalue weighted by Gasteiger charge is -2.03. The van der Waals surface area contributed by atoms with Gasteiger partial charge >= 0.3 is 7.12 Å². The van der Waals surface area contributed by atoms with E-state index in [1.807, 2.05) is 0 Å². The van der Waals surface area contributed by atoms with Crippen LogP contribution in [0.4, 0.5) is 8.78 Å². The maximum Gasteiger partial charge on any atom is 0.492 e. The minimum absolute atomic E-state index is 0.0296. The molecule has 2 aromatic rings. The molecule has 1 aromatic carbocycles. The first kappa shape index (κ1) is 10.8. The van der Waals surface area contributed by atoms with E-state index >= 15 is 0 Å². The fourth-order valence-electron chi connectivity index (χ4n) is 1.40. The third-order valence-corrected chi connectivity index (χ3v) is 2.15. The van der Waals surface area contributed by atoms with Gasteiger partial charge in [-0.1, -0.05) is 0 Å². The molecule has 0 unspecified atom stereocenters. The van der Waals surface area contributed by atoms with Crippen LogP contribution in [0.2, 0.25) is 0 Å². The maximum absolute atomic E-state index is 13.4. The van der Waals surface area contributed by atoms with E-state index in [4.69, 9.17) is 10.0 Å². The average Bonchev–Trinajstić information content (AvgIpc) is 2.66. The molecule has 0 aliphatic carbocycles. The molecule has 3 N–H and O–H groups in total. The number of nitrogens with one attached hydrogen (secondary N) is 1. The highest BCUT2D eigenvalue weighted by Gasteiger charge is 2.21. The smallest absolute Gasteiger partial charge is 0.423 e. The van der Waals surface area contributed by atoms with Crippen LogP contribution in [-0.4, -0.2) is 27.4 Å². The van der Waals surface area contributed by atoms with Crippen LogP contribution in [0.3, 0.4) is 0 Å². The number of benzene rings is 1. The summed E-state index contributed by atoms with van der Waals surface area (Å²) in [4.78, 5) is 0. The second-order valence-corrected chi connectivity index (χ2v) is 3.20. The minimum Gasteiger partial charge on any atom is -0.423 e. The predicted octanol–water partition coefficient (Wildman–Crippen LogP) is 0.0347. The molecule has 16 heavy (non-hydrogen) atoms. The van der Waals surface area contributed by atoms with Gasteiger partial charge in [-0.15, -0.1) is 0 Å². The second kappa shape index (κ2) is 4.03. The predicted molar refractivity (Wildman–Crippen MR) is 53.8 cm³/mol. The highest BCUT2D eigenvalue weighted by atomic mass is 19.1. The van der Waals surface area contributed by atoms with Gasteiger partial charge in [-0.05, 0) is 12.1 Å². The van der Waals surface area contributed by atoms with E-state index < -0.39 is 18.8 Å². The zero-order chi connectivity index (χ0) is 11.7. The van der Waals surface area contributed by atoms with Crippen molar-refractivity contribution in [2.45, 2.75) is 0 Å². The quantitative estimate of drug-likeness (QED) is 0.630. The van der Waals surface area contributed by atoms with Gasteiger partial charge in [0.05, 0.1) is 5.69 Å². The number of rotatable bonds is 2. The SMILES string of the molecule is OB(O)c1cn[nH]c1-c1ccc(F)cc1F. The first-order chi connectivity index (χ1) is 7.59. The van der Waals surface area contributed by atoms with Gasteiger partial charge in [0.15, 0.2) is 0 Å². The molecule has 0 atom stereocenters. The van der Waals surface area contributed by atoms with Gasteiger partial charge in [0, 0.05) is 23.3 Å². The third kappa shape index (κ3) is 1.82. The molecule has 0 spiro atoms. The Labute approximate surface area is 89.7 Å². The van der Waals surface area contributed by atoms with Gasteiger partial charge in [-0.2, -0.15) is 5.10 Å². The van der Waals surface area contributed by atoms with E-state index in [0.29, 0.717) is 6.07 Å². The number of hydrogen-bond acceptors (Lipinski definition) is 3. The van der Waals surface area contributed by atoms with E-state index in [1.54, 1.807) is 0 Å². The van der Waals surface area contributed by atoms with Crippen LogP contribution in [0.25, 0.3) is 11.3 Å². The van der Waals surface area contributed by atoms with Crippen LogP contribution in [0.1, 0.15) is 0 Å². The highest BCUT2D eigenvalue weighted by molar-refractivity contribution is 6.60. The third-order valence-electron chi connectivity index (χ3n) is 2.15. The van der Waals surface area contributed by atoms with E-state index in [0.717, 1.165) is 6.07 Å². The molecule has 0 saturated carbocycles. The zero-order valence-electron chi connectivity index (χ0n) is 7.98. The molecule has 0 fully saturated rings. The van der Waals surface area contributed by atoms with Gasteiger partial charge in [0.2, 0.25) is 0 Å². The molecule has 0 saturated heterocycles. The van der Waals surface area contributed by atoms with Crippen LogP contribution >= 0.6 is 0 Å². The monoisotopic (exact) mass is 224 g/mol. The van der Waals surface area contributed by atoms with Crippen molar-refractivity contribution in [3.8, 4) is 11.3 Å². The van der Waals surface area contributed by atoms with Crippen LogP contribution in [0, 0.1) is 11.6 Å². The summed E-state index contributed by atoms with van der Waals surface area (Å²) < 4.78 is 26.1. The molecule has 7 heteroatoms. The summed E-state index contributed by atoms with van der Waals surface area (Å²) >= 11 is 0. The summed E-state index contributed by atoms with van der Waals surface area (Å²) in [6, 6.07) is 2.99. The van der Waals surface area contributed by atoms with Gasteiger partial charge in [0.1, 0.15) is 11.6 Å². The Balaban J connectivity index is 2.54. The molecule has 0 bridgehead atoms. The van der Waals surface area contributed by atoms with Gasteiger partial charge < -0.3 is 10.0 Å². The molecule has 0 amide bonds. The Morgan fingerprint density at radius 1 is 1.25 bits per heavy atom. The van der Waals surface area contributed by atoms with Crippen LogP contribution in [-0.2, 0) is 0 Å². The van der Waals surface area contributed by atoms with Crippen molar-refractivity contribution in [1.29, 1.82) is 0 Å². The van der Waals surface area contributed by atoms with Crippen molar-refractivity contribution in [2.24, 2.45) is 0 Å². The fourth-order valence-corrected chi connectivity index (χ4v) is 1.40. The number of H-pyrrole nitrogens is 1. The van der Waals surface area contributed by atoms with Gasteiger partial charge in [-0.3, -0.25) is 5.10 Å². The highest BCUT2D eigenvalue weighted by Crippen LogP contribution is 2.19. The number of aromatic amines is 1. The standard InChI is InChI=1S/C9H7BF2N2O2/c11-5-1-2-6(8(12)3-5)9-7(10(15)16)4-13-14-9/h1-4,15-16H,(H,13,14). The van der Waals surface area contributed by atoms with E-state index in [-0.39, 0.29) is 16.7 Å². The lowest BCUT2D eigenvalue weighted by Crippen LogP contribution is -2.30. The van der Waals surface area contributed by atoms with E-state index in [1.165, 1.54) is 12.3 Å². The molecule has 0 radical (unpaired) electrons. The van der Waals surface area contributed by atoms with Crippen LogP contribution in [0.5, 0.6) is 0 Å². The summed E-state index contributed by atoms with van der Waals surface area (Å²) in [6.07, 6.45) is 1.17. The van der Waals surface area contributed by atoms with Crippen molar-refractivity contribution in [3.05, 3.63) is 36.0 Å². The van der Waals surface area contributed by atoms with Crippen molar-refractivity contribution < 1.29 is 18.8 Å². The maximum atomic E-state index is 13.4. The normalized spacial score (nSPS) is 10.5.